The molecule has 0 N–H and O–H groups in total. The fourth-order valence-corrected chi connectivity index (χ4v) is 3.25. The summed E-state index contributed by atoms with van der Waals surface area (Å²) in [7, 11) is 1.86. The molecule has 1 aliphatic carbocycles. The highest BCUT2D eigenvalue weighted by Crippen LogP contribution is 2.48. The summed E-state index contributed by atoms with van der Waals surface area (Å²) in [4.78, 5) is 12.7. The van der Waals surface area contributed by atoms with Gasteiger partial charge in [-0.2, -0.15) is 5.10 Å². The molecule has 132 valence electrons. The molecule has 1 saturated carbocycles. The molecule has 0 saturated heterocycles. The van der Waals surface area contributed by atoms with Crippen LogP contribution in [0.2, 0.25) is 0 Å². The molecule has 4 nitrogen and oxygen atoms in total. The number of carbonyl (C=O) groups excluding carboxylic acids is 1. The zero-order valence-electron chi connectivity index (χ0n) is 14.4. The first-order valence-corrected chi connectivity index (χ1v) is 8.61. The topological polar surface area (TPSA) is 44.1 Å². The third kappa shape index (κ3) is 3.38. The highest BCUT2D eigenvalue weighted by molar-refractivity contribution is 5.78. The van der Waals surface area contributed by atoms with Crippen molar-refractivity contribution < 1.29 is 13.9 Å². The van der Waals surface area contributed by atoms with Crippen LogP contribution in [0.5, 0.6) is 0 Å². The van der Waals surface area contributed by atoms with E-state index in [1.807, 2.05) is 43.6 Å². The lowest BCUT2D eigenvalue weighted by Gasteiger charge is -2.19. The van der Waals surface area contributed by atoms with E-state index >= 15 is 0 Å². The van der Waals surface area contributed by atoms with E-state index < -0.39 is 6.10 Å². The van der Waals surface area contributed by atoms with E-state index in [4.69, 9.17) is 4.74 Å². The van der Waals surface area contributed by atoms with Gasteiger partial charge in [0, 0.05) is 19.2 Å². The Balaban J connectivity index is 1.53. The van der Waals surface area contributed by atoms with Crippen molar-refractivity contribution in [2.24, 2.45) is 13.0 Å². The second-order valence-corrected chi connectivity index (χ2v) is 6.68. The van der Waals surface area contributed by atoms with Crippen LogP contribution in [0.1, 0.15) is 35.1 Å². The Bertz CT molecular complexity index is 905. The van der Waals surface area contributed by atoms with Gasteiger partial charge in [-0.05, 0) is 35.2 Å². The van der Waals surface area contributed by atoms with Gasteiger partial charge in [0.15, 0.2) is 6.10 Å². The standard InChI is InChI=1S/C21H19FN2O2/c1-24-13-16(12-23-24)18-11-19(18)21(25)26-20(14-5-3-2-4-6-14)15-7-9-17(22)10-8-15/h2-10,12-13,18-20H,11H2,1H3. The first-order valence-electron chi connectivity index (χ1n) is 8.61. The van der Waals surface area contributed by atoms with Crippen LogP contribution in [0.15, 0.2) is 67.0 Å². The zero-order valence-corrected chi connectivity index (χ0v) is 14.4. The summed E-state index contributed by atoms with van der Waals surface area (Å²) < 4.78 is 20.9. The van der Waals surface area contributed by atoms with Crippen molar-refractivity contribution in [2.45, 2.75) is 18.4 Å². The lowest BCUT2D eigenvalue weighted by Crippen LogP contribution is -2.15. The molecule has 1 aliphatic rings. The van der Waals surface area contributed by atoms with Gasteiger partial charge in [-0.25, -0.2) is 4.39 Å². The van der Waals surface area contributed by atoms with Crippen LogP contribution in [0.25, 0.3) is 0 Å². The molecule has 4 rings (SSSR count). The number of nitrogens with zero attached hydrogens (tertiary/aromatic N) is 2. The number of carbonyl (C=O) groups is 1. The lowest BCUT2D eigenvalue weighted by atomic mass is 10.0. The fraction of sp³-hybridized carbons (Fsp3) is 0.238. The van der Waals surface area contributed by atoms with E-state index in [-0.39, 0.29) is 23.6 Å². The maximum absolute atomic E-state index is 13.3. The molecule has 3 aromatic rings. The van der Waals surface area contributed by atoms with Crippen molar-refractivity contribution in [2.75, 3.05) is 0 Å². The maximum Gasteiger partial charge on any atom is 0.310 e. The molecule has 0 spiro atoms. The average Bonchev–Trinajstić information content (AvgIpc) is 3.35. The molecule has 26 heavy (non-hydrogen) atoms. The molecule has 0 aliphatic heterocycles. The molecule has 1 aromatic heterocycles. The summed E-state index contributed by atoms with van der Waals surface area (Å²) in [6.45, 7) is 0. The van der Waals surface area contributed by atoms with Crippen LogP contribution >= 0.6 is 0 Å². The number of rotatable bonds is 5. The highest BCUT2D eigenvalue weighted by atomic mass is 19.1. The summed E-state index contributed by atoms with van der Waals surface area (Å²) in [5.74, 6) is -0.519. The predicted octanol–water partition coefficient (Wildman–Crippen LogP) is 4.00. The second kappa shape index (κ2) is 6.75. The molecule has 1 heterocycles. The minimum Gasteiger partial charge on any atom is -0.452 e. The SMILES string of the molecule is Cn1cc(C2CC2C(=O)OC(c2ccccc2)c2ccc(F)cc2)cn1. The van der Waals surface area contributed by atoms with Gasteiger partial charge in [-0.1, -0.05) is 42.5 Å². The van der Waals surface area contributed by atoms with Crippen molar-refractivity contribution >= 4 is 5.97 Å². The van der Waals surface area contributed by atoms with E-state index in [1.165, 1.54) is 12.1 Å². The summed E-state index contributed by atoms with van der Waals surface area (Å²) in [5, 5.41) is 4.17. The van der Waals surface area contributed by atoms with E-state index in [0.717, 1.165) is 23.1 Å². The van der Waals surface area contributed by atoms with Crippen LogP contribution < -0.4 is 0 Å². The Kier molecular flexibility index (Phi) is 4.29. The summed E-state index contributed by atoms with van der Waals surface area (Å²) >= 11 is 0. The van der Waals surface area contributed by atoms with Crippen molar-refractivity contribution in [3.63, 3.8) is 0 Å². The minimum atomic E-state index is -0.542. The van der Waals surface area contributed by atoms with Crippen LogP contribution in [0, 0.1) is 11.7 Å². The Labute approximate surface area is 151 Å². The van der Waals surface area contributed by atoms with E-state index in [9.17, 15) is 9.18 Å². The number of benzene rings is 2. The smallest absolute Gasteiger partial charge is 0.310 e. The quantitative estimate of drug-likeness (QED) is 0.654. The number of esters is 1. The number of ether oxygens (including phenoxy) is 1. The van der Waals surface area contributed by atoms with E-state index in [1.54, 1.807) is 23.0 Å². The van der Waals surface area contributed by atoms with Crippen LogP contribution in [0.4, 0.5) is 4.39 Å². The van der Waals surface area contributed by atoms with Gasteiger partial charge in [0.05, 0.1) is 12.1 Å². The molecule has 0 bridgehead atoms. The Hall–Kier alpha value is -2.95. The van der Waals surface area contributed by atoms with Crippen LogP contribution in [0.3, 0.4) is 0 Å². The maximum atomic E-state index is 13.3. The van der Waals surface area contributed by atoms with Gasteiger partial charge in [0.1, 0.15) is 5.82 Å². The van der Waals surface area contributed by atoms with Gasteiger partial charge in [-0.3, -0.25) is 9.48 Å². The molecule has 2 aromatic carbocycles. The largest absolute Gasteiger partial charge is 0.452 e. The fourth-order valence-electron chi connectivity index (χ4n) is 3.25. The van der Waals surface area contributed by atoms with Gasteiger partial charge < -0.3 is 4.74 Å². The highest BCUT2D eigenvalue weighted by Gasteiger charge is 2.46. The number of hydrogen-bond acceptors (Lipinski definition) is 3. The molecule has 0 radical (unpaired) electrons. The first kappa shape index (κ1) is 16.5. The first-order chi connectivity index (χ1) is 12.6. The minimum absolute atomic E-state index is 0.147. The Morgan fingerprint density at radius 2 is 1.85 bits per heavy atom. The molecule has 3 unspecified atom stereocenters. The lowest BCUT2D eigenvalue weighted by molar-refractivity contribution is -0.149. The van der Waals surface area contributed by atoms with Gasteiger partial charge in [0.25, 0.3) is 0 Å². The Morgan fingerprint density at radius 3 is 2.50 bits per heavy atom. The molecular formula is C21H19FN2O2. The van der Waals surface area contributed by atoms with Crippen LogP contribution in [-0.2, 0) is 16.6 Å². The predicted molar refractivity (Wildman–Crippen MR) is 94.8 cm³/mol. The van der Waals surface area contributed by atoms with Gasteiger partial charge in [0.2, 0.25) is 0 Å². The molecule has 0 amide bonds. The average molecular weight is 350 g/mol. The molecular weight excluding hydrogens is 331 g/mol. The molecule has 1 fully saturated rings. The van der Waals surface area contributed by atoms with Crippen molar-refractivity contribution in [3.05, 3.63) is 89.5 Å². The van der Waals surface area contributed by atoms with E-state index in [0.29, 0.717) is 0 Å². The Morgan fingerprint density at radius 1 is 1.15 bits per heavy atom. The number of aryl methyl sites for hydroxylation is 1. The van der Waals surface area contributed by atoms with Crippen molar-refractivity contribution in [3.8, 4) is 0 Å². The normalized spacial score (nSPS) is 19.8. The molecule has 5 heteroatoms. The van der Waals surface area contributed by atoms with Crippen LogP contribution in [-0.4, -0.2) is 15.7 Å². The number of hydrogen-bond donors (Lipinski definition) is 0. The third-order valence-electron chi connectivity index (χ3n) is 4.76. The zero-order chi connectivity index (χ0) is 18.1. The van der Waals surface area contributed by atoms with Crippen molar-refractivity contribution in [1.82, 2.24) is 9.78 Å². The number of halogens is 1. The van der Waals surface area contributed by atoms with Gasteiger partial charge in [-0.15, -0.1) is 0 Å². The summed E-state index contributed by atoms with van der Waals surface area (Å²) in [6, 6.07) is 15.6. The van der Waals surface area contributed by atoms with Crippen molar-refractivity contribution in [1.29, 1.82) is 0 Å². The monoisotopic (exact) mass is 350 g/mol. The molecule has 3 atom stereocenters. The second-order valence-electron chi connectivity index (χ2n) is 6.68. The van der Waals surface area contributed by atoms with E-state index in [2.05, 4.69) is 5.10 Å². The third-order valence-corrected chi connectivity index (χ3v) is 4.76. The summed E-state index contributed by atoms with van der Waals surface area (Å²) in [5.41, 5.74) is 2.68. The number of aromatic nitrogens is 2. The van der Waals surface area contributed by atoms with Gasteiger partial charge >= 0.3 is 5.97 Å². The summed E-state index contributed by atoms with van der Waals surface area (Å²) in [6.07, 6.45) is 3.97.